The normalized spacial score (nSPS) is 13.8. The highest BCUT2D eigenvalue weighted by atomic mass is 16.5. The molecular formula is C60H41NO2. The van der Waals surface area contributed by atoms with Gasteiger partial charge in [0.15, 0.2) is 0 Å². The summed E-state index contributed by atoms with van der Waals surface area (Å²) in [6, 6.07) is 73.4. The molecule has 9 aromatic carbocycles. The van der Waals surface area contributed by atoms with Gasteiger partial charge >= 0.3 is 0 Å². The summed E-state index contributed by atoms with van der Waals surface area (Å²) in [5.74, 6) is 1.71. The number of nitrogens with zero attached hydrogens (tertiary/aromatic N) is 1. The van der Waals surface area contributed by atoms with E-state index < -0.39 is 5.41 Å². The Morgan fingerprint density at radius 3 is 1.81 bits per heavy atom. The summed E-state index contributed by atoms with van der Waals surface area (Å²) in [6.07, 6.45) is 4.46. The van der Waals surface area contributed by atoms with Crippen LogP contribution in [-0.4, -0.2) is 0 Å². The van der Waals surface area contributed by atoms with Gasteiger partial charge in [0.25, 0.3) is 0 Å². The lowest BCUT2D eigenvalue weighted by Crippen LogP contribution is -2.33. The van der Waals surface area contributed by atoms with Crippen LogP contribution in [0, 0.1) is 0 Å². The van der Waals surface area contributed by atoms with Crippen molar-refractivity contribution in [1.29, 1.82) is 0 Å². The van der Waals surface area contributed by atoms with Crippen molar-refractivity contribution in [3.8, 4) is 33.8 Å². The Morgan fingerprint density at radius 2 is 1.10 bits per heavy atom. The minimum atomic E-state index is -0.687. The van der Waals surface area contributed by atoms with E-state index in [0.29, 0.717) is 0 Å². The zero-order valence-electron chi connectivity index (χ0n) is 34.8. The number of hydrogen-bond donors (Lipinski definition) is 0. The van der Waals surface area contributed by atoms with Crippen molar-refractivity contribution in [2.45, 2.75) is 12.3 Å². The van der Waals surface area contributed by atoms with Gasteiger partial charge in [-0.2, -0.15) is 0 Å². The smallest absolute Gasteiger partial charge is 0.143 e. The molecule has 3 nitrogen and oxygen atoms in total. The van der Waals surface area contributed by atoms with Crippen molar-refractivity contribution in [2.24, 2.45) is 0 Å². The van der Waals surface area contributed by atoms with E-state index in [1.54, 1.807) is 0 Å². The zero-order chi connectivity index (χ0) is 42.1. The molecule has 12 rings (SSSR count). The fourth-order valence-electron chi connectivity index (χ4n) is 10.4. The molecular weight excluding hydrogens is 767 g/mol. The molecule has 0 saturated heterocycles. The molecule has 1 aromatic heterocycles. The number of benzene rings is 9. The van der Waals surface area contributed by atoms with E-state index in [1.165, 1.54) is 33.0 Å². The van der Waals surface area contributed by atoms with E-state index in [0.717, 1.165) is 83.9 Å². The van der Waals surface area contributed by atoms with Crippen LogP contribution in [0.3, 0.4) is 0 Å². The van der Waals surface area contributed by atoms with E-state index in [9.17, 15) is 0 Å². The molecule has 1 aliphatic carbocycles. The average molecular weight is 808 g/mol. The van der Waals surface area contributed by atoms with Crippen molar-refractivity contribution < 1.29 is 9.15 Å². The summed E-state index contributed by atoms with van der Waals surface area (Å²) >= 11 is 0. The molecule has 0 amide bonds. The molecule has 0 fully saturated rings. The molecule has 0 radical (unpaired) electrons. The van der Waals surface area contributed by atoms with Crippen molar-refractivity contribution in [3.63, 3.8) is 0 Å². The summed E-state index contributed by atoms with van der Waals surface area (Å²) in [4.78, 5) is 2.37. The van der Waals surface area contributed by atoms with Crippen molar-refractivity contribution >= 4 is 49.7 Å². The summed E-state index contributed by atoms with van der Waals surface area (Å²) in [5.41, 5.74) is 15.7. The molecule has 0 atom stereocenters. The van der Waals surface area contributed by atoms with Gasteiger partial charge in [0.1, 0.15) is 22.7 Å². The number of fused-ring (bicyclic) bond motifs is 11. The molecule has 2 heterocycles. The van der Waals surface area contributed by atoms with Crippen LogP contribution in [0.15, 0.2) is 241 Å². The molecule has 0 saturated carbocycles. The van der Waals surface area contributed by atoms with Crippen LogP contribution >= 0.6 is 0 Å². The van der Waals surface area contributed by atoms with Crippen LogP contribution in [0.5, 0.6) is 11.5 Å². The van der Waals surface area contributed by atoms with Gasteiger partial charge in [-0.05, 0) is 105 Å². The highest BCUT2D eigenvalue weighted by Gasteiger charge is 2.52. The van der Waals surface area contributed by atoms with Crippen LogP contribution in [0.2, 0.25) is 0 Å². The second-order valence-corrected chi connectivity index (χ2v) is 16.4. The fourth-order valence-corrected chi connectivity index (χ4v) is 10.4. The maximum absolute atomic E-state index is 6.73. The first kappa shape index (κ1) is 36.7. The van der Waals surface area contributed by atoms with Crippen LogP contribution in [0.4, 0.5) is 11.4 Å². The third kappa shape index (κ3) is 5.60. The van der Waals surface area contributed by atoms with Crippen molar-refractivity contribution in [3.05, 3.63) is 259 Å². The van der Waals surface area contributed by atoms with Gasteiger partial charge in [0.05, 0.1) is 5.41 Å². The second kappa shape index (κ2) is 14.5. The predicted octanol–water partition coefficient (Wildman–Crippen LogP) is 16.2. The molecule has 0 bridgehead atoms. The molecule has 10 aromatic rings. The minimum Gasteiger partial charge on any atom is -0.457 e. The topological polar surface area (TPSA) is 25.6 Å². The summed E-state index contributed by atoms with van der Waals surface area (Å²) in [6.45, 7) is 6.76. The van der Waals surface area contributed by atoms with Gasteiger partial charge in [0, 0.05) is 44.5 Å². The number of rotatable bonds is 7. The number of ether oxygens (including phenoxy) is 1. The van der Waals surface area contributed by atoms with Gasteiger partial charge in [-0.15, -0.1) is 0 Å². The monoisotopic (exact) mass is 807 g/mol. The summed E-state index contributed by atoms with van der Waals surface area (Å²) in [5, 5.41) is 4.64. The molecule has 63 heavy (non-hydrogen) atoms. The second-order valence-electron chi connectivity index (χ2n) is 16.4. The van der Waals surface area contributed by atoms with E-state index in [2.05, 4.69) is 225 Å². The molecule has 0 N–H and O–H groups in total. The van der Waals surface area contributed by atoms with Crippen LogP contribution in [-0.2, 0) is 5.41 Å². The van der Waals surface area contributed by atoms with Gasteiger partial charge in [-0.25, -0.2) is 0 Å². The Hall–Kier alpha value is -8.14. The number of allylic oxidation sites excluding steroid dienone is 5. The van der Waals surface area contributed by atoms with E-state index in [-0.39, 0.29) is 0 Å². The van der Waals surface area contributed by atoms with E-state index >= 15 is 0 Å². The number of anilines is 2. The highest BCUT2D eigenvalue weighted by molar-refractivity contribution is 6.10. The minimum absolute atomic E-state index is 0.687. The molecule has 298 valence electrons. The average Bonchev–Trinajstić information content (AvgIpc) is 3.86. The Labute approximate surface area is 366 Å². The third-order valence-corrected chi connectivity index (χ3v) is 13.1. The molecule has 1 spiro atoms. The summed E-state index contributed by atoms with van der Waals surface area (Å²) < 4.78 is 13.2. The van der Waals surface area contributed by atoms with E-state index in [4.69, 9.17) is 9.15 Å². The lowest BCUT2D eigenvalue weighted by atomic mass is 9.65. The maximum atomic E-state index is 6.73. The van der Waals surface area contributed by atoms with Gasteiger partial charge < -0.3 is 14.1 Å². The highest BCUT2D eigenvalue weighted by Crippen LogP contribution is 2.62. The first-order valence-electron chi connectivity index (χ1n) is 21.5. The molecule has 0 unspecified atom stereocenters. The van der Waals surface area contributed by atoms with Crippen LogP contribution in [0.25, 0.3) is 60.5 Å². The van der Waals surface area contributed by atoms with Crippen molar-refractivity contribution in [2.75, 3.05) is 4.90 Å². The molecule has 2 aliphatic rings. The standard InChI is InChI=1S/C60H41NO2/c1-3-46-54(60(53-37-32-42-18-7-8-19-47(42)58(46)53)51-23-10-13-26-56(51)62-57-27-14-11-24-52(57)60)38-39(2)61(44-33-28-41(29-34-44)40-16-5-4-6-17-40)45-35-30-43(31-36-45)48-21-15-22-50-49-20-9-12-25-55(49)63-59(48)50/h3-38H,1H2,2H3/b39-38+. The van der Waals surface area contributed by atoms with Gasteiger partial charge in [0.2, 0.25) is 0 Å². The molecule has 3 heteroatoms. The first-order valence-corrected chi connectivity index (χ1v) is 21.5. The lowest BCUT2D eigenvalue weighted by Gasteiger charge is -2.40. The fraction of sp³-hybridized carbons (Fsp3) is 0.0333. The number of furan rings is 1. The summed E-state index contributed by atoms with van der Waals surface area (Å²) in [7, 11) is 0. The Balaban J connectivity index is 1.08. The Bertz CT molecular complexity index is 3450. The van der Waals surface area contributed by atoms with E-state index in [1.807, 2.05) is 12.1 Å². The van der Waals surface area contributed by atoms with Gasteiger partial charge in [-0.3, -0.25) is 0 Å². The van der Waals surface area contributed by atoms with Crippen molar-refractivity contribution in [1.82, 2.24) is 0 Å². The number of hydrogen-bond acceptors (Lipinski definition) is 3. The quantitative estimate of drug-likeness (QED) is 0.160. The first-order chi connectivity index (χ1) is 31.1. The van der Waals surface area contributed by atoms with Crippen LogP contribution in [0.1, 0.15) is 29.2 Å². The van der Waals surface area contributed by atoms with Gasteiger partial charge in [-0.1, -0.05) is 176 Å². The number of para-hydroxylation sites is 4. The largest absolute Gasteiger partial charge is 0.457 e. The Morgan fingerprint density at radius 1 is 0.508 bits per heavy atom. The third-order valence-electron chi connectivity index (χ3n) is 13.1. The SMILES string of the molecule is C=CC1=C(/C=C(\C)N(c2ccc(-c3ccccc3)cc2)c2ccc(-c3cccc4c3oc3ccccc34)cc2)C2(c3ccccc3Oc3ccccc32)c2ccc3ccccc3c21. The Kier molecular flexibility index (Phi) is 8.45. The lowest BCUT2D eigenvalue weighted by molar-refractivity contribution is 0.435. The maximum Gasteiger partial charge on any atom is 0.143 e. The van der Waals surface area contributed by atoms with Crippen LogP contribution < -0.4 is 9.64 Å². The molecule has 1 aliphatic heterocycles. The zero-order valence-corrected chi connectivity index (χ0v) is 34.8. The predicted molar refractivity (Wildman–Crippen MR) is 261 cm³/mol.